The number of benzene rings is 1. The van der Waals surface area contributed by atoms with Crippen molar-refractivity contribution in [1.82, 2.24) is 24.6 Å². The summed E-state index contributed by atoms with van der Waals surface area (Å²) in [6.07, 6.45) is 0.588. The molecule has 0 radical (unpaired) electrons. The van der Waals surface area contributed by atoms with Crippen LogP contribution >= 0.6 is 11.3 Å². The van der Waals surface area contributed by atoms with Gasteiger partial charge in [0, 0.05) is 25.5 Å². The fourth-order valence-corrected chi connectivity index (χ4v) is 3.97. The average Bonchev–Trinajstić information content (AvgIpc) is 3.29. The molecule has 4 rings (SSSR count). The van der Waals surface area contributed by atoms with E-state index in [9.17, 15) is 4.79 Å². The van der Waals surface area contributed by atoms with Gasteiger partial charge in [0.15, 0.2) is 11.6 Å². The number of carbonyl (C=O) groups excluding carboxylic acids is 1. The minimum Gasteiger partial charge on any atom is -0.383 e. The molecule has 27 heavy (non-hydrogen) atoms. The lowest BCUT2D eigenvalue weighted by atomic mass is 10.0. The summed E-state index contributed by atoms with van der Waals surface area (Å²) in [7, 11) is 1.64. The summed E-state index contributed by atoms with van der Waals surface area (Å²) in [5.74, 6) is 1.51. The molecule has 1 aliphatic heterocycles. The van der Waals surface area contributed by atoms with Crippen LogP contribution in [0.25, 0.3) is 11.5 Å². The molecule has 8 heteroatoms. The van der Waals surface area contributed by atoms with Crippen LogP contribution in [0.4, 0.5) is 0 Å². The third-order valence-corrected chi connectivity index (χ3v) is 5.47. The standard InChI is InChI=1S/C19H21N5O2S/c1-13-20-15(12-27-13)18-22-21-17-11-23(8-9-26-2)19(25)16(24(17)18)10-14-6-4-3-5-7-14/h3-7,12,16H,8-11H2,1-2H3/t16-/m1/s1. The minimum absolute atomic E-state index is 0.0661. The van der Waals surface area contributed by atoms with Crippen LogP contribution in [0.2, 0.25) is 0 Å². The van der Waals surface area contributed by atoms with E-state index in [0.717, 1.165) is 22.1 Å². The molecule has 1 amide bonds. The molecular weight excluding hydrogens is 362 g/mol. The first-order valence-electron chi connectivity index (χ1n) is 8.85. The van der Waals surface area contributed by atoms with Crippen molar-refractivity contribution in [3.8, 4) is 11.5 Å². The number of nitrogens with zero attached hydrogens (tertiary/aromatic N) is 5. The molecule has 0 saturated carbocycles. The second-order valence-corrected chi connectivity index (χ2v) is 7.58. The van der Waals surface area contributed by atoms with Crippen molar-refractivity contribution in [2.75, 3.05) is 20.3 Å². The van der Waals surface area contributed by atoms with Gasteiger partial charge in [-0.1, -0.05) is 30.3 Å². The number of methoxy groups -OCH3 is 1. The van der Waals surface area contributed by atoms with E-state index in [1.54, 1.807) is 23.3 Å². The highest BCUT2D eigenvalue weighted by molar-refractivity contribution is 7.09. The number of aryl methyl sites for hydroxylation is 1. The SMILES string of the molecule is COCCN1Cc2nnc(-c3csc(C)n3)n2[C@H](Cc2ccccc2)C1=O. The monoisotopic (exact) mass is 383 g/mol. The maximum absolute atomic E-state index is 13.3. The van der Waals surface area contributed by atoms with Gasteiger partial charge in [-0.15, -0.1) is 21.5 Å². The summed E-state index contributed by atoms with van der Waals surface area (Å²) >= 11 is 1.57. The fraction of sp³-hybridized carbons (Fsp3) is 0.368. The summed E-state index contributed by atoms with van der Waals surface area (Å²) in [5, 5.41) is 11.7. The number of thiazole rings is 1. The lowest BCUT2D eigenvalue weighted by Crippen LogP contribution is -2.45. The zero-order chi connectivity index (χ0) is 18.8. The molecule has 0 bridgehead atoms. The van der Waals surface area contributed by atoms with Gasteiger partial charge < -0.3 is 9.64 Å². The molecule has 140 valence electrons. The Morgan fingerprint density at radius 1 is 1.26 bits per heavy atom. The number of fused-ring (bicyclic) bond motifs is 1. The number of aromatic nitrogens is 4. The molecule has 1 atom stereocenters. The Kier molecular flexibility index (Phi) is 5.00. The van der Waals surface area contributed by atoms with Gasteiger partial charge in [-0.25, -0.2) is 4.98 Å². The van der Waals surface area contributed by atoms with Gasteiger partial charge in [0.25, 0.3) is 0 Å². The van der Waals surface area contributed by atoms with Crippen LogP contribution in [0.5, 0.6) is 0 Å². The van der Waals surface area contributed by atoms with E-state index in [2.05, 4.69) is 15.2 Å². The van der Waals surface area contributed by atoms with E-state index >= 15 is 0 Å². The maximum Gasteiger partial charge on any atom is 0.246 e. The lowest BCUT2D eigenvalue weighted by molar-refractivity contribution is -0.138. The van der Waals surface area contributed by atoms with Crippen LogP contribution in [0.1, 0.15) is 22.4 Å². The smallest absolute Gasteiger partial charge is 0.246 e. The Bertz CT molecular complexity index is 937. The molecule has 1 aliphatic rings. The summed E-state index contributed by atoms with van der Waals surface area (Å²) in [6, 6.07) is 9.65. The summed E-state index contributed by atoms with van der Waals surface area (Å²) in [4.78, 5) is 19.6. The van der Waals surface area contributed by atoms with Gasteiger partial charge in [0.1, 0.15) is 11.7 Å². The molecule has 0 N–H and O–H groups in total. The molecule has 0 aliphatic carbocycles. The Balaban J connectivity index is 1.75. The van der Waals surface area contributed by atoms with E-state index in [-0.39, 0.29) is 11.9 Å². The number of amides is 1. The van der Waals surface area contributed by atoms with Crippen LogP contribution in [-0.2, 0) is 22.5 Å². The van der Waals surface area contributed by atoms with E-state index in [1.165, 1.54) is 0 Å². The Morgan fingerprint density at radius 3 is 2.78 bits per heavy atom. The highest BCUT2D eigenvalue weighted by Gasteiger charge is 2.36. The highest BCUT2D eigenvalue weighted by Crippen LogP contribution is 2.31. The van der Waals surface area contributed by atoms with Gasteiger partial charge in [0.2, 0.25) is 5.91 Å². The van der Waals surface area contributed by atoms with Crippen LogP contribution in [0.15, 0.2) is 35.7 Å². The van der Waals surface area contributed by atoms with E-state index in [1.807, 2.05) is 47.2 Å². The molecule has 0 spiro atoms. The van der Waals surface area contributed by atoms with Gasteiger partial charge in [-0.05, 0) is 12.5 Å². The van der Waals surface area contributed by atoms with Gasteiger partial charge in [0.05, 0.1) is 18.2 Å². The molecule has 0 unspecified atom stereocenters. The van der Waals surface area contributed by atoms with Crippen molar-refractivity contribution in [1.29, 1.82) is 0 Å². The van der Waals surface area contributed by atoms with Crippen molar-refractivity contribution >= 4 is 17.2 Å². The van der Waals surface area contributed by atoms with Crippen LogP contribution in [0.3, 0.4) is 0 Å². The van der Waals surface area contributed by atoms with E-state index in [4.69, 9.17) is 4.74 Å². The van der Waals surface area contributed by atoms with Crippen molar-refractivity contribution in [2.45, 2.75) is 25.9 Å². The normalized spacial score (nSPS) is 16.6. The first-order valence-corrected chi connectivity index (χ1v) is 9.73. The van der Waals surface area contributed by atoms with Crippen LogP contribution in [-0.4, -0.2) is 50.8 Å². The third-order valence-electron chi connectivity index (χ3n) is 4.69. The van der Waals surface area contributed by atoms with Crippen LogP contribution < -0.4 is 0 Å². The zero-order valence-electron chi connectivity index (χ0n) is 15.3. The van der Waals surface area contributed by atoms with Gasteiger partial charge >= 0.3 is 0 Å². The fourth-order valence-electron chi connectivity index (χ4n) is 3.38. The number of hydrogen-bond acceptors (Lipinski definition) is 6. The number of rotatable bonds is 6. The molecule has 2 aromatic heterocycles. The van der Waals surface area contributed by atoms with Crippen molar-refractivity contribution in [3.05, 3.63) is 52.1 Å². The summed E-state index contributed by atoms with van der Waals surface area (Å²) < 4.78 is 7.13. The second-order valence-electron chi connectivity index (χ2n) is 6.52. The second kappa shape index (κ2) is 7.58. The third kappa shape index (κ3) is 3.50. The van der Waals surface area contributed by atoms with Crippen molar-refractivity contribution in [2.24, 2.45) is 0 Å². The Morgan fingerprint density at radius 2 is 2.07 bits per heavy atom. The molecule has 1 aromatic carbocycles. The quantitative estimate of drug-likeness (QED) is 0.654. The van der Waals surface area contributed by atoms with E-state index in [0.29, 0.717) is 31.9 Å². The van der Waals surface area contributed by atoms with E-state index < -0.39 is 0 Å². The molecule has 0 saturated heterocycles. The number of ether oxygens (including phenoxy) is 1. The molecule has 3 heterocycles. The lowest BCUT2D eigenvalue weighted by Gasteiger charge is -2.33. The topological polar surface area (TPSA) is 73.1 Å². The van der Waals surface area contributed by atoms with Crippen LogP contribution in [0, 0.1) is 6.92 Å². The Labute approximate surface area is 161 Å². The first kappa shape index (κ1) is 17.8. The molecule has 0 fully saturated rings. The zero-order valence-corrected chi connectivity index (χ0v) is 16.1. The molecular formula is C19H21N5O2S. The van der Waals surface area contributed by atoms with Gasteiger partial charge in [-0.2, -0.15) is 0 Å². The predicted molar refractivity (Wildman–Crippen MR) is 102 cm³/mol. The highest BCUT2D eigenvalue weighted by atomic mass is 32.1. The van der Waals surface area contributed by atoms with Gasteiger partial charge in [-0.3, -0.25) is 9.36 Å². The summed E-state index contributed by atoms with van der Waals surface area (Å²) in [6.45, 7) is 3.43. The van der Waals surface area contributed by atoms with Crippen molar-refractivity contribution < 1.29 is 9.53 Å². The maximum atomic E-state index is 13.3. The summed E-state index contributed by atoms with van der Waals surface area (Å²) in [5.41, 5.74) is 1.87. The largest absolute Gasteiger partial charge is 0.383 e. The molecule has 7 nitrogen and oxygen atoms in total. The minimum atomic E-state index is -0.389. The Hall–Kier alpha value is -2.58. The number of hydrogen-bond donors (Lipinski definition) is 0. The molecule has 3 aromatic rings. The number of carbonyl (C=O) groups is 1. The average molecular weight is 383 g/mol. The predicted octanol–water partition coefficient (Wildman–Crippen LogP) is 2.48. The first-order chi connectivity index (χ1) is 13.2. The van der Waals surface area contributed by atoms with Crippen molar-refractivity contribution in [3.63, 3.8) is 0 Å².